The normalized spacial score (nSPS) is 20.8. The Morgan fingerprint density at radius 2 is 1.78 bits per heavy atom. The van der Waals surface area contributed by atoms with Gasteiger partial charge in [-0.15, -0.1) is 17.9 Å². The van der Waals surface area contributed by atoms with Crippen LogP contribution in [0.2, 0.25) is 0 Å². The van der Waals surface area contributed by atoms with Crippen LogP contribution >= 0.6 is 11.3 Å². The summed E-state index contributed by atoms with van der Waals surface area (Å²) in [6.45, 7) is 19.0. The number of carbonyl (C=O) groups is 3. The zero-order valence-electron chi connectivity index (χ0n) is 37.0. The lowest BCUT2D eigenvalue weighted by atomic mass is 9.85. The van der Waals surface area contributed by atoms with Crippen LogP contribution in [-0.4, -0.2) is 81.6 Å². The molecule has 0 radical (unpaired) electrons. The topological polar surface area (TPSA) is 165 Å². The summed E-state index contributed by atoms with van der Waals surface area (Å²) in [5.74, 6) is -2.85. The minimum absolute atomic E-state index is 0.0517. The number of para-hydroxylation sites is 1. The van der Waals surface area contributed by atoms with Gasteiger partial charge >= 0.3 is 6.18 Å². The number of likely N-dealkylation sites (tertiary alicyclic amines) is 1. The number of hydrogen-bond donors (Lipinski definition) is 3. The van der Waals surface area contributed by atoms with Crippen LogP contribution in [0.25, 0.3) is 21.6 Å². The Hall–Kier alpha value is -4.97. The minimum atomic E-state index is -4.63. The summed E-state index contributed by atoms with van der Waals surface area (Å²) in [6, 6.07) is 8.08. The van der Waals surface area contributed by atoms with Crippen molar-refractivity contribution >= 4 is 55.8 Å². The van der Waals surface area contributed by atoms with Gasteiger partial charge in [0.1, 0.15) is 34.3 Å². The number of imidazole rings is 1. The van der Waals surface area contributed by atoms with Gasteiger partial charge in [-0.05, 0) is 68.4 Å². The summed E-state index contributed by atoms with van der Waals surface area (Å²) in [5, 5.41) is 8.64. The third-order valence-electron chi connectivity index (χ3n) is 11.6. The minimum Gasteiger partial charge on any atom is -0.459 e. The van der Waals surface area contributed by atoms with Crippen molar-refractivity contribution in [3.8, 4) is 16.6 Å². The molecule has 0 bridgehead atoms. The van der Waals surface area contributed by atoms with Crippen LogP contribution in [0.3, 0.4) is 0 Å². The zero-order valence-corrected chi connectivity index (χ0v) is 38.6. The number of nitrogens with one attached hydrogen (secondary N) is 3. The summed E-state index contributed by atoms with van der Waals surface area (Å²) < 4.78 is 77.9. The number of aromatic nitrogens is 3. The van der Waals surface area contributed by atoms with Crippen molar-refractivity contribution in [3.63, 3.8) is 0 Å². The highest BCUT2D eigenvalue weighted by molar-refractivity contribution is 7.90. The first-order chi connectivity index (χ1) is 29.5. The molecule has 1 saturated heterocycles. The van der Waals surface area contributed by atoms with Crippen molar-refractivity contribution in [1.82, 2.24) is 29.5 Å². The molecule has 3 amide bonds. The van der Waals surface area contributed by atoms with E-state index in [1.165, 1.54) is 34.4 Å². The largest absolute Gasteiger partial charge is 0.459 e. The molecule has 4 aromatic rings. The number of unbranched alkanes of at least 4 members (excludes halogenated alkanes) is 2. The van der Waals surface area contributed by atoms with Crippen LogP contribution in [0.15, 0.2) is 60.5 Å². The number of carbonyl (C=O) groups excluding carboxylic acids is 3. The third-order valence-corrected chi connectivity index (χ3v) is 13.8. The zero-order chi connectivity index (χ0) is 46.2. The maximum Gasteiger partial charge on any atom is 0.416 e. The number of sulfonamides is 1. The second kappa shape index (κ2) is 18.3. The second-order valence-electron chi connectivity index (χ2n) is 18.2. The molecule has 1 aliphatic carbocycles. The van der Waals surface area contributed by atoms with Gasteiger partial charge in [-0.1, -0.05) is 72.6 Å². The predicted molar refractivity (Wildman–Crippen MR) is 239 cm³/mol. The first kappa shape index (κ1) is 47.5. The number of anilines is 1. The molecule has 2 fully saturated rings. The van der Waals surface area contributed by atoms with Crippen molar-refractivity contribution in [3.05, 3.63) is 71.8 Å². The van der Waals surface area contributed by atoms with E-state index in [4.69, 9.17) is 14.7 Å². The quantitative estimate of drug-likeness (QED) is 0.0697. The molecule has 1 aliphatic heterocycles. The van der Waals surface area contributed by atoms with Gasteiger partial charge in [0.25, 0.3) is 11.9 Å². The Bertz CT molecular complexity index is 2460. The maximum absolute atomic E-state index is 14.9. The smallest absolute Gasteiger partial charge is 0.416 e. The number of hydrogen-bond acceptors (Lipinski definition) is 10. The van der Waals surface area contributed by atoms with Crippen LogP contribution in [0, 0.1) is 11.3 Å². The van der Waals surface area contributed by atoms with Crippen molar-refractivity contribution in [2.45, 2.75) is 129 Å². The highest BCUT2D eigenvalue weighted by Gasteiger charge is 2.61. The Morgan fingerprint density at radius 3 is 2.38 bits per heavy atom. The molecule has 13 nitrogen and oxygen atoms in total. The maximum atomic E-state index is 14.9. The van der Waals surface area contributed by atoms with E-state index in [1.807, 2.05) is 48.9 Å². The van der Waals surface area contributed by atoms with Crippen LogP contribution in [0.1, 0.15) is 111 Å². The lowest BCUT2D eigenvalue weighted by Gasteiger charge is -2.36. The molecule has 5 atom stereocenters. The van der Waals surface area contributed by atoms with Gasteiger partial charge in [0.15, 0.2) is 0 Å². The Morgan fingerprint density at radius 1 is 1.06 bits per heavy atom. The van der Waals surface area contributed by atoms with Gasteiger partial charge in [0.05, 0.1) is 29.1 Å². The Kier molecular flexibility index (Phi) is 13.8. The molecule has 63 heavy (non-hydrogen) atoms. The van der Waals surface area contributed by atoms with Crippen molar-refractivity contribution in [1.29, 1.82) is 0 Å². The number of amides is 3. The monoisotopic (exact) mass is 913 g/mol. The van der Waals surface area contributed by atoms with E-state index in [0.29, 0.717) is 18.4 Å². The van der Waals surface area contributed by atoms with Gasteiger partial charge < -0.3 is 20.3 Å². The molecule has 2 aliphatic rings. The average molecular weight is 914 g/mol. The molecule has 342 valence electrons. The number of alkyl halides is 3. The molecule has 2 aromatic heterocycles. The van der Waals surface area contributed by atoms with Crippen molar-refractivity contribution < 1.29 is 40.7 Å². The predicted octanol–water partition coefficient (Wildman–Crippen LogP) is 8.46. The van der Waals surface area contributed by atoms with Gasteiger partial charge in [0, 0.05) is 35.0 Å². The number of rotatable bonds is 17. The molecule has 3 N–H and O–H groups in total. The van der Waals surface area contributed by atoms with Crippen molar-refractivity contribution in [2.75, 3.05) is 17.6 Å². The standard InChI is InChI=1S/C45H58F3N7O6S2/c1-10-12-13-20-63(59,60)53-41(58)44(23-28(44)11-2)52-38(56)35-22-31(24-54(35)40(57)37(43(7,8)9)49-30-17-14-16-29(21-30)45(46,47)48)61-42-51-36-32(39-50-33(25-62-39)26(3)4)18-15-19-34(36)55(42)27(5)6/h11,14-19,21,25-28,31,35,37,49H,2,10,12-13,20,22-24H2,1,3-9H3,(H,52,56)(H,53,58)/t28-,31-,35+,37-,44-/m1/s1. The molecule has 1 saturated carbocycles. The van der Waals surface area contributed by atoms with Crippen LogP contribution in [0.5, 0.6) is 6.01 Å². The fraction of sp³-hybridized carbons (Fsp3) is 0.533. The van der Waals surface area contributed by atoms with Gasteiger partial charge in [-0.3, -0.25) is 23.7 Å². The van der Waals surface area contributed by atoms with Gasteiger partial charge in [-0.25, -0.2) is 13.4 Å². The number of fused-ring (bicyclic) bond motifs is 1. The number of halogens is 3. The first-order valence-electron chi connectivity index (χ1n) is 21.4. The Labute approximate surface area is 371 Å². The fourth-order valence-corrected chi connectivity index (χ4v) is 10.1. The summed E-state index contributed by atoms with van der Waals surface area (Å²) in [7, 11) is -4.03. The number of thiazole rings is 1. The van der Waals surface area contributed by atoms with E-state index in [2.05, 4.69) is 35.8 Å². The second-order valence-corrected chi connectivity index (χ2v) is 20.9. The number of benzene rings is 2. The van der Waals surface area contributed by atoms with Crippen LogP contribution < -0.4 is 20.1 Å². The summed E-state index contributed by atoms with van der Waals surface area (Å²) in [6.07, 6.45) is -2.17. The average Bonchev–Trinajstić information content (AvgIpc) is 3.54. The van der Waals surface area contributed by atoms with E-state index in [0.717, 1.165) is 40.3 Å². The summed E-state index contributed by atoms with van der Waals surface area (Å²) in [5.41, 5.74) is -0.154. The molecular formula is C45H58F3N7O6S2. The van der Waals surface area contributed by atoms with E-state index >= 15 is 0 Å². The lowest BCUT2D eigenvalue weighted by molar-refractivity contribution is -0.141. The fourth-order valence-electron chi connectivity index (χ4n) is 7.98. The summed E-state index contributed by atoms with van der Waals surface area (Å²) in [4.78, 5) is 54.4. The first-order valence-corrected chi connectivity index (χ1v) is 23.9. The molecule has 0 unspecified atom stereocenters. The van der Waals surface area contributed by atoms with Gasteiger partial charge in [0.2, 0.25) is 21.8 Å². The SMILES string of the molecule is C=C[C@@H]1C[C@]1(NC(=O)[C@@H]1C[C@@H](Oc2nc3c(-c4nc(C(C)C)cs4)cccc3n2C(C)C)CN1C(=O)[C@@H](Nc1cccc(C(F)(F)F)c1)C(C)(C)C)C(=O)NS(=O)(=O)CCCCC. The lowest BCUT2D eigenvalue weighted by Crippen LogP contribution is -2.58. The molecule has 6 rings (SSSR count). The molecule has 0 spiro atoms. The third kappa shape index (κ3) is 10.4. The van der Waals surface area contributed by atoms with Crippen molar-refractivity contribution in [2.24, 2.45) is 11.3 Å². The highest BCUT2D eigenvalue weighted by atomic mass is 32.2. The Balaban J connectivity index is 1.36. The van der Waals surface area contributed by atoms with E-state index in [1.54, 1.807) is 20.8 Å². The molecule has 2 aromatic carbocycles. The summed E-state index contributed by atoms with van der Waals surface area (Å²) >= 11 is 1.52. The molecule has 18 heteroatoms. The number of ether oxygens (including phenoxy) is 1. The van der Waals surface area contributed by atoms with Crippen LogP contribution in [0.4, 0.5) is 18.9 Å². The molecule has 3 heterocycles. The molecular weight excluding hydrogens is 856 g/mol. The number of nitrogens with zero attached hydrogens (tertiary/aromatic N) is 4. The van der Waals surface area contributed by atoms with Crippen LogP contribution in [-0.2, 0) is 30.6 Å². The van der Waals surface area contributed by atoms with Gasteiger partial charge in [-0.2, -0.15) is 18.2 Å². The highest BCUT2D eigenvalue weighted by Crippen LogP contribution is 2.45. The van der Waals surface area contributed by atoms with E-state index < -0.39 is 74.5 Å². The van der Waals surface area contributed by atoms with E-state index in [-0.39, 0.29) is 48.8 Å². The van der Waals surface area contributed by atoms with E-state index in [9.17, 15) is 36.0 Å².